The number of nitrogens with zero attached hydrogens (tertiary/aromatic N) is 1. The Morgan fingerprint density at radius 2 is 1.56 bits per heavy atom. The largest absolute Gasteiger partial charge is 0.465 e. The number of methoxy groups -OCH3 is 2. The van der Waals surface area contributed by atoms with Crippen LogP contribution >= 0.6 is 12.6 Å². The first-order valence-electron chi connectivity index (χ1n) is 4.60. The van der Waals surface area contributed by atoms with Gasteiger partial charge in [0.05, 0.1) is 19.1 Å². The molecule has 0 saturated carbocycles. The van der Waals surface area contributed by atoms with Gasteiger partial charge in [0.25, 0.3) is 5.69 Å². The summed E-state index contributed by atoms with van der Waals surface area (Å²) in [5.41, 5.74) is -1.36. The van der Waals surface area contributed by atoms with Crippen LogP contribution in [0.2, 0.25) is 0 Å². The summed E-state index contributed by atoms with van der Waals surface area (Å²) in [6.07, 6.45) is 0. The van der Waals surface area contributed by atoms with E-state index < -0.39 is 22.5 Å². The highest BCUT2D eigenvalue weighted by Crippen LogP contribution is 2.28. The summed E-state index contributed by atoms with van der Waals surface area (Å²) >= 11 is 3.97. The summed E-state index contributed by atoms with van der Waals surface area (Å²) in [6.45, 7) is 0. The second-order valence-corrected chi connectivity index (χ2v) is 3.65. The fourth-order valence-corrected chi connectivity index (χ4v) is 1.61. The lowest BCUT2D eigenvalue weighted by Crippen LogP contribution is -2.12. The van der Waals surface area contributed by atoms with Crippen LogP contribution in [0.3, 0.4) is 0 Å². The molecule has 8 heteroatoms. The van der Waals surface area contributed by atoms with Gasteiger partial charge in [-0.3, -0.25) is 10.1 Å². The minimum Gasteiger partial charge on any atom is -0.465 e. The third kappa shape index (κ3) is 2.59. The molecule has 0 aliphatic carbocycles. The maximum Gasteiger partial charge on any atom is 0.344 e. The van der Waals surface area contributed by atoms with Gasteiger partial charge < -0.3 is 9.47 Å². The van der Waals surface area contributed by atoms with E-state index in [1.165, 1.54) is 0 Å². The molecule has 0 heterocycles. The molecule has 0 aromatic heterocycles. The van der Waals surface area contributed by atoms with E-state index in [0.29, 0.717) is 0 Å². The van der Waals surface area contributed by atoms with Crippen LogP contribution in [0.15, 0.2) is 17.0 Å². The highest BCUT2D eigenvalue weighted by Gasteiger charge is 2.30. The van der Waals surface area contributed by atoms with E-state index in [1.807, 2.05) is 0 Å². The number of carbonyl (C=O) groups excluding carboxylic acids is 2. The molecule has 96 valence electrons. The first-order chi connectivity index (χ1) is 8.42. The van der Waals surface area contributed by atoms with Crippen LogP contribution in [0, 0.1) is 10.1 Å². The zero-order valence-electron chi connectivity index (χ0n) is 9.50. The van der Waals surface area contributed by atoms with Gasteiger partial charge in [-0.15, -0.1) is 12.6 Å². The number of esters is 2. The van der Waals surface area contributed by atoms with Crippen molar-refractivity contribution in [3.8, 4) is 0 Å². The zero-order valence-corrected chi connectivity index (χ0v) is 10.4. The molecule has 0 unspecified atom stereocenters. The maximum atomic E-state index is 11.4. The monoisotopic (exact) mass is 271 g/mol. The second kappa shape index (κ2) is 5.50. The number of rotatable bonds is 3. The summed E-state index contributed by atoms with van der Waals surface area (Å²) in [7, 11) is 2.16. The predicted octanol–water partition coefficient (Wildman–Crippen LogP) is 1.46. The van der Waals surface area contributed by atoms with Crippen LogP contribution in [0.1, 0.15) is 20.7 Å². The lowest BCUT2D eigenvalue weighted by atomic mass is 10.1. The van der Waals surface area contributed by atoms with E-state index in [-0.39, 0.29) is 16.0 Å². The van der Waals surface area contributed by atoms with Crippen molar-refractivity contribution in [3.63, 3.8) is 0 Å². The number of ether oxygens (including phenoxy) is 2. The van der Waals surface area contributed by atoms with Gasteiger partial charge in [0, 0.05) is 4.90 Å². The third-order valence-corrected chi connectivity index (χ3v) is 2.35. The average Bonchev–Trinajstić information content (AvgIpc) is 2.35. The third-order valence-electron chi connectivity index (χ3n) is 2.09. The normalized spacial score (nSPS) is 9.72. The lowest BCUT2D eigenvalue weighted by Gasteiger charge is -2.06. The van der Waals surface area contributed by atoms with E-state index in [2.05, 4.69) is 22.1 Å². The van der Waals surface area contributed by atoms with E-state index in [9.17, 15) is 19.7 Å². The fraction of sp³-hybridized carbons (Fsp3) is 0.200. The van der Waals surface area contributed by atoms with E-state index >= 15 is 0 Å². The van der Waals surface area contributed by atoms with Crippen molar-refractivity contribution in [2.24, 2.45) is 0 Å². The lowest BCUT2D eigenvalue weighted by molar-refractivity contribution is -0.385. The van der Waals surface area contributed by atoms with Gasteiger partial charge >= 0.3 is 11.9 Å². The van der Waals surface area contributed by atoms with Gasteiger partial charge in [-0.05, 0) is 12.1 Å². The minimum atomic E-state index is -0.928. The maximum absolute atomic E-state index is 11.4. The Morgan fingerprint density at radius 1 is 1.17 bits per heavy atom. The molecule has 0 bridgehead atoms. The minimum absolute atomic E-state index is 0.210. The van der Waals surface area contributed by atoms with Crippen molar-refractivity contribution < 1.29 is 24.0 Å². The van der Waals surface area contributed by atoms with Crippen LogP contribution in [-0.2, 0) is 9.47 Å². The van der Waals surface area contributed by atoms with Crippen molar-refractivity contribution in [2.75, 3.05) is 14.2 Å². The van der Waals surface area contributed by atoms with Crippen LogP contribution in [0.5, 0.6) is 0 Å². The number of hydrogen-bond acceptors (Lipinski definition) is 7. The van der Waals surface area contributed by atoms with Gasteiger partial charge in [-0.25, -0.2) is 9.59 Å². The number of hydrogen-bond donors (Lipinski definition) is 1. The summed E-state index contributed by atoms with van der Waals surface area (Å²) < 4.78 is 8.84. The van der Waals surface area contributed by atoms with Crippen molar-refractivity contribution in [1.82, 2.24) is 0 Å². The van der Waals surface area contributed by atoms with Crippen LogP contribution in [-0.4, -0.2) is 31.1 Å². The number of nitro benzene ring substituents is 1. The Balaban J connectivity index is 3.61. The number of nitro groups is 1. The highest BCUT2D eigenvalue weighted by atomic mass is 32.1. The van der Waals surface area contributed by atoms with Gasteiger partial charge in [-0.2, -0.15) is 0 Å². The highest BCUT2D eigenvalue weighted by molar-refractivity contribution is 7.80. The van der Waals surface area contributed by atoms with E-state index in [0.717, 1.165) is 26.4 Å². The smallest absolute Gasteiger partial charge is 0.344 e. The molecule has 1 rings (SSSR count). The number of carbonyl (C=O) groups is 2. The molecule has 0 atom stereocenters. The molecule has 0 radical (unpaired) electrons. The molecule has 18 heavy (non-hydrogen) atoms. The van der Waals surface area contributed by atoms with Gasteiger partial charge in [0.1, 0.15) is 11.1 Å². The van der Waals surface area contributed by atoms with Crippen LogP contribution in [0.25, 0.3) is 0 Å². The topological polar surface area (TPSA) is 95.7 Å². The molecule has 0 spiro atoms. The first-order valence-corrected chi connectivity index (χ1v) is 5.05. The Hall–Kier alpha value is -2.09. The molecular weight excluding hydrogens is 262 g/mol. The van der Waals surface area contributed by atoms with E-state index in [4.69, 9.17) is 0 Å². The molecule has 0 fully saturated rings. The average molecular weight is 271 g/mol. The Morgan fingerprint density at radius 3 is 1.83 bits per heavy atom. The van der Waals surface area contributed by atoms with Crippen molar-refractivity contribution >= 4 is 30.3 Å². The molecule has 1 aromatic rings. The molecule has 7 nitrogen and oxygen atoms in total. The Bertz CT molecular complexity index is 490. The number of thiol groups is 1. The SMILES string of the molecule is COC(=O)c1cc(S)cc(C(=O)OC)c1[N+](=O)[O-]. The summed E-state index contributed by atoms with van der Waals surface area (Å²) in [4.78, 5) is 33.2. The predicted molar refractivity (Wildman–Crippen MR) is 63.0 cm³/mol. The zero-order chi connectivity index (χ0) is 13.9. The molecule has 0 saturated heterocycles. The second-order valence-electron chi connectivity index (χ2n) is 3.13. The first kappa shape index (κ1) is 14.0. The Labute approximate surface area is 107 Å². The van der Waals surface area contributed by atoms with Gasteiger partial charge in [0.15, 0.2) is 0 Å². The van der Waals surface area contributed by atoms with Crippen molar-refractivity contribution in [2.45, 2.75) is 4.90 Å². The van der Waals surface area contributed by atoms with Crippen LogP contribution in [0.4, 0.5) is 5.69 Å². The van der Waals surface area contributed by atoms with Crippen LogP contribution < -0.4 is 0 Å². The Kier molecular flexibility index (Phi) is 4.27. The van der Waals surface area contributed by atoms with Gasteiger partial charge in [0.2, 0.25) is 0 Å². The summed E-state index contributed by atoms with van der Waals surface area (Å²) in [5.74, 6) is -1.86. The van der Waals surface area contributed by atoms with E-state index in [1.54, 1.807) is 0 Å². The quantitative estimate of drug-likeness (QED) is 0.387. The van der Waals surface area contributed by atoms with Gasteiger partial charge in [-0.1, -0.05) is 0 Å². The van der Waals surface area contributed by atoms with Crippen molar-refractivity contribution in [1.29, 1.82) is 0 Å². The molecule has 0 amide bonds. The standard InChI is InChI=1S/C10H9NO6S/c1-16-9(12)6-3-5(18)4-7(10(13)17-2)8(6)11(14)15/h3-4,18H,1-2H3. The molecule has 0 N–H and O–H groups in total. The summed E-state index contributed by atoms with van der Waals surface area (Å²) in [6, 6.07) is 2.30. The molecule has 0 aliphatic rings. The fourth-order valence-electron chi connectivity index (χ4n) is 1.35. The molecule has 0 aliphatic heterocycles. The molecular formula is C10H9NO6S. The molecule has 1 aromatic carbocycles. The van der Waals surface area contributed by atoms with Crippen molar-refractivity contribution in [3.05, 3.63) is 33.4 Å². The number of benzene rings is 1. The summed E-state index contributed by atoms with van der Waals surface area (Å²) in [5, 5.41) is 11.0.